The van der Waals surface area contributed by atoms with E-state index in [4.69, 9.17) is 4.74 Å². The second kappa shape index (κ2) is 6.96. The van der Waals surface area contributed by atoms with Crippen LogP contribution >= 0.6 is 0 Å². The number of ether oxygens (including phenoxy) is 1. The van der Waals surface area contributed by atoms with Crippen molar-refractivity contribution in [2.75, 3.05) is 20.2 Å². The molecule has 0 unspecified atom stereocenters. The molecule has 1 amide bonds. The number of amides is 1. The minimum absolute atomic E-state index is 0.0800. The summed E-state index contributed by atoms with van der Waals surface area (Å²) in [5.41, 5.74) is 2.81. The number of hydrogen-bond donors (Lipinski definition) is 0. The van der Waals surface area contributed by atoms with Gasteiger partial charge in [-0.1, -0.05) is 30.3 Å². The smallest absolute Gasteiger partial charge is 0.257 e. The number of carbonyl (C=O) groups is 1. The molecule has 5 heteroatoms. The minimum Gasteiger partial charge on any atom is -0.381 e. The lowest BCUT2D eigenvalue weighted by molar-refractivity contribution is 0.0350. The minimum atomic E-state index is 0.0800. The van der Waals surface area contributed by atoms with Gasteiger partial charge in [0.25, 0.3) is 5.91 Å². The zero-order valence-corrected chi connectivity index (χ0v) is 13.7. The first kappa shape index (κ1) is 15.7. The van der Waals surface area contributed by atoms with Gasteiger partial charge in [-0.05, 0) is 25.3 Å². The summed E-state index contributed by atoms with van der Waals surface area (Å²) >= 11 is 0. The van der Waals surface area contributed by atoms with Crippen molar-refractivity contribution < 1.29 is 9.53 Å². The van der Waals surface area contributed by atoms with Crippen LogP contribution in [0, 0.1) is 6.92 Å². The molecular weight excluding hydrogens is 290 g/mol. The normalized spacial score (nSPS) is 15.8. The summed E-state index contributed by atoms with van der Waals surface area (Å²) in [5, 5.41) is 4.40. The fourth-order valence-electron chi connectivity index (χ4n) is 3.04. The molecule has 1 aliphatic heterocycles. The van der Waals surface area contributed by atoms with Gasteiger partial charge in [0.1, 0.15) is 0 Å². The van der Waals surface area contributed by atoms with E-state index in [2.05, 4.69) is 17.2 Å². The van der Waals surface area contributed by atoms with Crippen molar-refractivity contribution in [2.45, 2.75) is 32.4 Å². The molecule has 23 heavy (non-hydrogen) atoms. The summed E-state index contributed by atoms with van der Waals surface area (Å²) < 4.78 is 7.26. The number of likely N-dealkylation sites (tertiary alicyclic amines) is 1. The lowest BCUT2D eigenvalue weighted by atomic mass is 10.1. The lowest BCUT2D eigenvalue weighted by Crippen LogP contribution is -2.40. The Labute approximate surface area is 136 Å². The van der Waals surface area contributed by atoms with Crippen molar-refractivity contribution in [2.24, 2.45) is 0 Å². The van der Waals surface area contributed by atoms with Crippen molar-refractivity contribution in [3.63, 3.8) is 0 Å². The molecule has 2 heterocycles. The van der Waals surface area contributed by atoms with Crippen molar-refractivity contribution in [3.05, 3.63) is 53.3 Å². The molecule has 0 radical (unpaired) electrons. The van der Waals surface area contributed by atoms with Crippen molar-refractivity contribution in [3.8, 4) is 0 Å². The SMILES string of the molecule is COC1CCN(C(=O)c2cnn(Cc3ccccc3)c2C)CC1. The number of rotatable bonds is 4. The molecule has 0 atom stereocenters. The summed E-state index contributed by atoms with van der Waals surface area (Å²) in [6.45, 7) is 4.15. The Hall–Kier alpha value is -2.14. The summed E-state index contributed by atoms with van der Waals surface area (Å²) in [6, 6.07) is 10.2. The van der Waals surface area contributed by atoms with Gasteiger partial charge in [0.15, 0.2) is 0 Å². The van der Waals surface area contributed by atoms with E-state index in [1.807, 2.05) is 34.7 Å². The third-order valence-electron chi connectivity index (χ3n) is 4.57. The largest absolute Gasteiger partial charge is 0.381 e. The molecule has 0 bridgehead atoms. The second-order valence-corrected chi connectivity index (χ2v) is 6.01. The summed E-state index contributed by atoms with van der Waals surface area (Å²) in [4.78, 5) is 14.6. The number of hydrogen-bond acceptors (Lipinski definition) is 3. The van der Waals surface area contributed by atoms with Crippen molar-refractivity contribution in [1.29, 1.82) is 0 Å². The predicted octanol–water partition coefficient (Wildman–Crippen LogP) is 2.49. The van der Waals surface area contributed by atoms with Gasteiger partial charge in [-0.2, -0.15) is 5.10 Å². The van der Waals surface area contributed by atoms with Gasteiger partial charge in [0.2, 0.25) is 0 Å². The Morgan fingerprint density at radius 2 is 1.96 bits per heavy atom. The number of aromatic nitrogens is 2. The second-order valence-electron chi connectivity index (χ2n) is 6.01. The fourth-order valence-corrected chi connectivity index (χ4v) is 3.04. The first-order valence-corrected chi connectivity index (χ1v) is 8.07. The average molecular weight is 313 g/mol. The van der Waals surface area contributed by atoms with Crippen LogP contribution in [0.5, 0.6) is 0 Å². The molecule has 0 saturated carbocycles. The topological polar surface area (TPSA) is 47.4 Å². The fraction of sp³-hybridized carbons (Fsp3) is 0.444. The van der Waals surface area contributed by atoms with E-state index in [-0.39, 0.29) is 12.0 Å². The molecule has 0 N–H and O–H groups in total. The van der Waals surface area contributed by atoms with E-state index < -0.39 is 0 Å². The number of piperidine rings is 1. The molecular formula is C18H23N3O2. The van der Waals surface area contributed by atoms with Crippen LogP contribution < -0.4 is 0 Å². The standard InChI is InChI=1S/C18H23N3O2/c1-14-17(18(22)20-10-8-16(23-2)9-11-20)12-19-21(14)13-15-6-4-3-5-7-15/h3-7,12,16H,8-11,13H2,1-2H3. The highest BCUT2D eigenvalue weighted by atomic mass is 16.5. The Morgan fingerprint density at radius 1 is 1.26 bits per heavy atom. The molecule has 3 rings (SSSR count). The molecule has 122 valence electrons. The van der Waals surface area contributed by atoms with E-state index in [1.165, 1.54) is 5.56 Å². The summed E-state index contributed by atoms with van der Waals surface area (Å²) in [5.74, 6) is 0.0800. The molecule has 5 nitrogen and oxygen atoms in total. The predicted molar refractivity (Wildman–Crippen MR) is 88.4 cm³/mol. The van der Waals surface area contributed by atoms with Crippen LogP contribution in [-0.4, -0.2) is 46.9 Å². The Kier molecular flexibility index (Phi) is 4.76. The third-order valence-corrected chi connectivity index (χ3v) is 4.57. The zero-order chi connectivity index (χ0) is 16.2. The third kappa shape index (κ3) is 3.45. The Balaban J connectivity index is 1.70. The van der Waals surface area contributed by atoms with Crippen molar-refractivity contribution >= 4 is 5.91 Å². The van der Waals surface area contributed by atoms with E-state index in [9.17, 15) is 4.79 Å². The first-order valence-electron chi connectivity index (χ1n) is 8.07. The quantitative estimate of drug-likeness (QED) is 0.871. The molecule has 2 aromatic rings. The van der Waals surface area contributed by atoms with Gasteiger partial charge in [0.05, 0.1) is 24.4 Å². The highest BCUT2D eigenvalue weighted by Gasteiger charge is 2.25. The molecule has 1 aromatic carbocycles. The van der Waals surface area contributed by atoms with Gasteiger partial charge in [0, 0.05) is 25.9 Å². The summed E-state index contributed by atoms with van der Waals surface area (Å²) in [6.07, 6.45) is 3.78. The molecule has 0 spiro atoms. The first-order chi connectivity index (χ1) is 11.2. The average Bonchev–Trinajstić information content (AvgIpc) is 2.96. The number of methoxy groups -OCH3 is 1. The molecule has 1 saturated heterocycles. The van der Waals surface area contributed by atoms with E-state index in [1.54, 1.807) is 13.3 Å². The van der Waals surface area contributed by atoms with Crippen molar-refractivity contribution in [1.82, 2.24) is 14.7 Å². The number of nitrogens with zero attached hydrogens (tertiary/aromatic N) is 3. The highest BCUT2D eigenvalue weighted by molar-refractivity contribution is 5.95. The molecule has 1 fully saturated rings. The van der Waals surface area contributed by atoms with E-state index >= 15 is 0 Å². The van der Waals surface area contributed by atoms with Gasteiger partial charge in [-0.3, -0.25) is 9.48 Å². The van der Waals surface area contributed by atoms with Gasteiger partial charge in [-0.25, -0.2) is 0 Å². The van der Waals surface area contributed by atoms with Gasteiger partial charge < -0.3 is 9.64 Å². The van der Waals surface area contributed by atoms with E-state index in [0.29, 0.717) is 12.1 Å². The van der Waals surface area contributed by atoms with Crippen LogP contribution in [0.15, 0.2) is 36.5 Å². The molecule has 0 aliphatic carbocycles. The van der Waals surface area contributed by atoms with E-state index in [0.717, 1.165) is 31.6 Å². The van der Waals surface area contributed by atoms with Crippen LogP contribution in [0.1, 0.15) is 34.5 Å². The van der Waals surface area contributed by atoms with Crippen LogP contribution in [-0.2, 0) is 11.3 Å². The summed E-state index contributed by atoms with van der Waals surface area (Å²) in [7, 11) is 1.74. The van der Waals surface area contributed by atoms with Crippen LogP contribution in [0.4, 0.5) is 0 Å². The Morgan fingerprint density at radius 3 is 2.61 bits per heavy atom. The van der Waals surface area contributed by atoms with Gasteiger partial charge >= 0.3 is 0 Å². The number of benzene rings is 1. The van der Waals surface area contributed by atoms with Crippen LogP contribution in [0.2, 0.25) is 0 Å². The van der Waals surface area contributed by atoms with Crippen LogP contribution in [0.3, 0.4) is 0 Å². The monoisotopic (exact) mass is 313 g/mol. The maximum atomic E-state index is 12.7. The highest BCUT2D eigenvalue weighted by Crippen LogP contribution is 2.18. The maximum Gasteiger partial charge on any atom is 0.257 e. The van der Waals surface area contributed by atoms with Crippen LogP contribution in [0.25, 0.3) is 0 Å². The maximum absolute atomic E-state index is 12.7. The zero-order valence-electron chi connectivity index (χ0n) is 13.7. The number of carbonyl (C=O) groups excluding carboxylic acids is 1. The van der Waals surface area contributed by atoms with Gasteiger partial charge in [-0.15, -0.1) is 0 Å². The molecule has 1 aliphatic rings. The molecule has 1 aromatic heterocycles. The Bertz CT molecular complexity index is 658. The lowest BCUT2D eigenvalue weighted by Gasteiger charge is -2.31.